The number of aryl methyl sites for hydroxylation is 1. The molecule has 3 nitrogen and oxygen atoms in total. The predicted molar refractivity (Wildman–Crippen MR) is 76.5 cm³/mol. The summed E-state index contributed by atoms with van der Waals surface area (Å²) < 4.78 is 5.20. The summed E-state index contributed by atoms with van der Waals surface area (Å²) in [6.45, 7) is 6.20. The molecule has 1 aromatic heterocycles. The zero-order valence-electron chi connectivity index (χ0n) is 11.0. The first-order valence-corrected chi connectivity index (χ1v) is 6.26. The maximum Gasteiger partial charge on any atom is 0.139 e. The Balaban J connectivity index is 2.83. The molecule has 0 fully saturated rings. The molecule has 18 heavy (non-hydrogen) atoms. The van der Waals surface area contributed by atoms with Crippen molar-refractivity contribution in [3.63, 3.8) is 0 Å². The molecule has 0 atom stereocenters. The van der Waals surface area contributed by atoms with Gasteiger partial charge in [0.05, 0.1) is 17.6 Å². The lowest BCUT2D eigenvalue weighted by Crippen LogP contribution is -2.03. The summed E-state index contributed by atoms with van der Waals surface area (Å²) in [4.78, 5) is 4.59. The van der Waals surface area contributed by atoms with Gasteiger partial charge in [0.2, 0.25) is 0 Å². The Labute approximate surface area is 112 Å². The van der Waals surface area contributed by atoms with Crippen molar-refractivity contribution >= 4 is 28.2 Å². The maximum absolute atomic E-state index is 6.24. The van der Waals surface area contributed by atoms with E-state index >= 15 is 0 Å². The van der Waals surface area contributed by atoms with Crippen LogP contribution in [0.15, 0.2) is 12.1 Å². The van der Waals surface area contributed by atoms with E-state index in [1.807, 2.05) is 19.1 Å². The first kappa shape index (κ1) is 13.0. The molecule has 0 saturated heterocycles. The van der Waals surface area contributed by atoms with Gasteiger partial charge < -0.3 is 10.5 Å². The van der Waals surface area contributed by atoms with Gasteiger partial charge >= 0.3 is 0 Å². The number of nitrogens with two attached hydrogens (primary N) is 1. The number of nitrogens with zero attached hydrogens (tertiary/aromatic N) is 1. The molecule has 4 heteroatoms. The Bertz CT molecular complexity index is 609. The van der Waals surface area contributed by atoms with Crippen molar-refractivity contribution in [1.82, 2.24) is 4.98 Å². The number of hydrogen-bond donors (Lipinski definition) is 1. The Morgan fingerprint density at radius 2 is 2.00 bits per heavy atom. The van der Waals surface area contributed by atoms with E-state index in [1.165, 1.54) is 0 Å². The van der Waals surface area contributed by atoms with Crippen LogP contribution in [0.25, 0.3) is 10.9 Å². The number of benzene rings is 1. The quantitative estimate of drug-likeness (QED) is 0.895. The van der Waals surface area contributed by atoms with Gasteiger partial charge in [-0.1, -0.05) is 25.4 Å². The Morgan fingerprint density at radius 1 is 1.33 bits per heavy atom. The number of pyridine rings is 1. The second kappa shape index (κ2) is 4.65. The van der Waals surface area contributed by atoms with Gasteiger partial charge in [0.1, 0.15) is 5.75 Å². The fourth-order valence-electron chi connectivity index (χ4n) is 2.32. The van der Waals surface area contributed by atoms with Crippen LogP contribution < -0.4 is 10.5 Å². The molecule has 0 unspecified atom stereocenters. The fraction of sp³-hybridized carbons (Fsp3) is 0.357. The van der Waals surface area contributed by atoms with Gasteiger partial charge in [-0.15, -0.1) is 0 Å². The van der Waals surface area contributed by atoms with E-state index < -0.39 is 0 Å². The van der Waals surface area contributed by atoms with E-state index in [2.05, 4.69) is 18.8 Å². The normalized spacial score (nSPS) is 11.2. The third-order valence-electron chi connectivity index (χ3n) is 3.11. The minimum atomic E-state index is 0.336. The smallest absolute Gasteiger partial charge is 0.139 e. The highest BCUT2D eigenvalue weighted by atomic mass is 35.5. The molecule has 0 spiro atoms. The fourth-order valence-corrected chi connectivity index (χ4v) is 2.56. The minimum Gasteiger partial charge on any atom is -0.495 e. The van der Waals surface area contributed by atoms with Crippen molar-refractivity contribution in [1.29, 1.82) is 0 Å². The number of nitrogen functional groups attached to an aromatic ring is 1. The van der Waals surface area contributed by atoms with Crippen LogP contribution in [0.5, 0.6) is 5.75 Å². The van der Waals surface area contributed by atoms with E-state index in [-0.39, 0.29) is 0 Å². The average molecular weight is 265 g/mol. The number of ether oxygens (including phenoxy) is 1. The third-order valence-corrected chi connectivity index (χ3v) is 3.40. The van der Waals surface area contributed by atoms with Crippen LogP contribution in [0.1, 0.15) is 31.0 Å². The molecule has 0 bridgehead atoms. The van der Waals surface area contributed by atoms with E-state index in [9.17, 15) is 0 Å². The van der Waals surface area contributed by atoms with Gasteiger partial charge in [0.15, 0.2) is 0 Å². The van der Waals surface area contributed by atoms with Crippen LogP contribution in [-0.2, 0) is 0 Å². The van der Waals surface area contributed by atoms with Crippen molar-refractivity contribution in [2.45, 2.75) is 26.7 Å². The van der Waals surface area contributed by atoms with Crippen molar-refractivity contribution < 1.29 is 4.74 Å². The summed E-state index contributed by atoms with van der Waals surface area (Å²) in [5.74, 6) is 0.954. The number of rotatable bonds is 2. The maximum atomic E-state index is 6.24. The highest BCUT2D eigenvalue weighted by Crippen LogP contribution is 2.36. The van der Waals surface area contributed by atoms with Gasteiger partial charge in [0, 0.05) is 22.8 Å². The molecule has 0 radical (unpaired) electrons. The van der Waals surface area contributed by atoms with Gasteiger partial charge in [-0.2, -0.15) is 0 Å². The van der Waals surface area contributed by atoms with Crippen LogP contribution in [0, 0.1) is 6.92 Å². The zero-order chi connectivity index (χ0) is 13.4. The van der Waals surface area contributed by atoms with Crippen molar-refractivity contribution in [2.24, 2.45) is 0 Å². The number of methoxy groups -OCH3 is 1. The molecule has 0 aliphatic rings. The monoisotopic (exact) mass is 264 g/mol. The van der Waals surface area contributed by atoms with Gasteiger partial charge in [-0.25, -0.2) is 0 Å². The lowest BCUT2D eigenvalue weighted by molar-refractivity contribution is 0.415. The summed E-state index contributed by atoms with van der Waals surface area (Å²) in [6.07, 6.45) is 0. The molecule has 96 valence electrons. The molecule has 2 N–H and O–H groups in total. The third kappa shape index (κ3) is 1.99. The lowest BCUT2D eigenvalue weighted by Gasteiger charge is -2.16. The molecular weight excluding hydrogens is 248 g/mol. The van der Waals surface area contributed by atoms with Gasteiger partial charge in [0.25, 0.3) is 0 Å². The molecule has 1 heterocycles. The van der Waals surface area contributed by atoms with Gasteiger partial charge in [-0.05, 0) is 24.5 Å². The summed E-state index contributed by atoms with van der Waals surface area (Å²) in [7, 11) is 1.59. The zero-order valence-corrected chi connectivity index (χ0v) is 11.8. The SMILES string of the molecule is COc1cc2nc(C)c(C(C)C)c(N)c2cc1Cl. The summed E-state index contributed by atoms with van der Waals surface area (Å²) in [6, 6.07) is 3.65. The largest absolute Gasteiger partial charge is 0.495 e. The first-order valence-electron chi connectivity index (χ1n) is 5.89. The molecule has 0 saturated carbocycles. The molecule has 0 aliphatic carbocycles. The van der Waals surface area contributed by atoms with E-state index in [1.54, 1.807) is 7.11 Å². The number of aromatic nitrogens is 1. The summed E-state index contributed by atoms with van der Waals surface area (Å²) >= 11 is 6.14. The van der Waals surface area contributed by atoms with Crippen LogP contribution in [0.2, 0.25) is 5.02 Å². The Kier molecular flexibility index (Phi) is 3.35. The number of fused-ring (bicyclic) bond motifs is 1. The molecule has 0 aliphatic heterocycles. The highest BCUT2D eigenvalue weighted by molar-refractivity contribution is 6.33. The van der Waals surface area contributed by atoms with E-state index in [0.717, 1.165) is 27.8 Å². The minimum absolute atomic E-state index is 0.336. The number of hydrogen-bond acceptors (Lipinski definition) is 3. The molecule has 2 rings (SSSR count). The molecule has 0 amide bonds. The molecule has 2 aromatic rings. The lowest BCUT2D eigenvalue weighted by atomic mass is 9.97. The first-order chi connectivity index (χ1) is 8.45. The topological polar surface area (TPSA) is 48.1 Å². The van der Waals surface area contributed by atoms with Crippen molar-refractivity contribution in [3.05, 3.63) is 28.4 Å². The number of halogens is 1. The standard InChI is InChI=1S/C14H17ClN2O/c1-7(2)13-8(3)17-11-6-12(18-4)10(15)5-9(11)14(13)16/h5-7H,1-4H3,(H2,16,17). The van der Waals surface area contributed by atoms with Crippen molar-refractivity contribution in [3.8, 4) is 5.75 Å². The number of anilines is 1. The van der Waals surface area contributed by atoms with Crippen LogP contribution in [0.3, 0.4) is 0 Å². The Hall–Kier alpha value is -1.48. The summed E-state index contributed by atoms with van der Waals surface area (Å²) in [5.41, 5.74) is 9.86. The summed E-state index contributed by atoms with van der Waals surface area (Å²) in [5, 5.41) is 1.44. The van der Waals surface area contributed by atoms with Gasteiger partial charge in [-0.3, -0.25) is 4.98 Å². The molecular formula is C14H17ClN2O. The van der Waals surface area contributed by atoms with Crippen LogP contribution in [0.4, 0.5) is 5.69 Å². The highest BCUT2D eigenvalue weighted by Gasteiger charge is 2.15. The predicted octanol–water partition coefficient (Wildman–Crippen LogP) is 3.91. The van der Waals surface area contributed by atoms with Crippen LogP contribution >= 0.6 is 11.6 Å². The van der Waals surface area contributed by atoms with Crippen molar-refractivity contribution in [2.75, 3.05) is 12.8 Å². The van der Waals surface area contributed by atoms with Crippen LogP contribution in [-0.4, -0.2) is 12.1 Å². The molecule has 1 aromatic carbocycles. The Morgan fingerprint density at radius 3 is 2.56 bits per heavy atom. The second-order valence-corrected chi connectivity index (χ2v) is 5.09. The average Bonchev–Trinajstić information content (AvgIpc) is 2.29. The van der Waals surface area contributed by atoms with E-state index in [0.29, 0.717) is 16.7 Å². The van der Waals surface area contributed by atoms with E-state index in [4.69, 9.17) is 22.1 Å². The second-order valence-electron chi connectivity index (χ2n) is 4.68.